The van der Waals surface area contributed by atoms with Gasteiger partial charge in [-0.3, -0.25) is 14.4 Å². The number of benzene rings is 1. The largest absolute Gasteiger partial charge is 0.396 e. The van der Waals surface area contributed by atoms with Crippen LogP contribution in [-0.4, -0.2) is 83.2 Å². The molecule has 218 valence electrons. The molecular formula is C32H45N3O5. The van der Waals surface area contributed by atoms with E-state index < -0.39 is 29.1 Å². The summed E-state index contributed by atoms with van der Waals surface area (Å²) in [5.41, 5.74) is 0.784. The average molecular weight is 552 g/mol. The van der Waals surface area contributed by atoms with Gasteiger partial charge >= 0.3 is 0 Å². The van der Waals surface area contributed by atoms with E-state index >= 15 is 0 Å². The summed E-state index contributed by atoms with van der Waals surface area (Å²) in [4.78, 5) is 48.0. The van der Waals surface area contributed by atoms with Crippen LogP contribution >= 0.6 is 0 Å². The lowest BCUT2D eigenvalue weighted by Gasteiger charge is -2.38. The molecule has 0 radical (unpaired) electrons. The predicted molar refractivity (Wildman–Crippen MR) is 156 cm³/mol. The molecule has 40 heavy (non-hydrogen) atoms. The third-order valence-corrected chi connectivity index (χ3v) is 9.38. The van der Waals surface area contributed by atoms with Crippen molar-refractivity contribution in [3.63, 3.8) is 0 Å². The van der Waals surface area contributed by atoms with Gasteiger partial charge in [0.2, 0.25) is 11.8 Å². The van der Waals surface area contributed by atoms with Gasteiger partial charge in [-0.15, -0.1) is 13.2 Å². The van der Waals surface area contributed by atoms with Crippen molar-refractivity contribution in [3.8, 4) is 0 Å². The SMILES string of the molecule is C=CCN(C)C(=O)[C@@H]1[C@H]2C(=O)N(CCCCCO)C(C(=O)N(CC=C)c3cc(C)ccc3C)C23CC(C)[C@@]1(C)O3. The molecule has 8 nitrogen and oxygen atoms in total. The lowest BCUT2D eigenvalue weighted by Crippen LogP contribution is -2.57. The number of likely N-dealkylation sites (tertiary alicyclic amines) is 1. The second-order valence-electron chi connectivity index (χ2n) is 12.1. The molecule has 1 aromatic rings. The molecule has 8 heteroatoms. The van der Waals surface area contributed by atoms with E-state index in [-0.39, 0.29) is 36.8 Å². The van der Waals surface area contributed by atoms with Gasteiger partial charge in [-0.25, -0.2) is 0 Å². The summed E-state index contributed by atoms with van der Waals surface area (Å²) in [7, 11) is 1.72. The number of fused-ring (bicyclic) bond motifs is 1. The fraction of sp³-hybridized carbons (Fsp3) is 0.594. The maximum atomic E-state index is 14.7. The third-order valence-electron chi connectivity index (χ3n) is 9.38. The third kappa shape index (κ3) is 4.69. The second kappa shape index (κ2) is 11.5. The van der Waals surface area contributed by atoms with Crippen molar-refractivity contribution in [2.75, 3.05) is 38.2 Å². The maximum Gasteiger partial charge on any atom is 0.253 e. The summed E-state index contributed by atoms with van der Waals surface area (Å²) in [6.45, 7) is 16.7. The first-order chi connectivity index (χ1) is 19.0. The molecule has 0 aromatic heterocycles. The van der Waals surface area contributed by atoms with Crippen molar-refractivity contribution >= 4 is 23.4 Å². The lowest BCUT2D eigenvalue weighted by atomic mass is 9.62. The van der Waals surface area contributed by atoms with E-state index in [9.17, 15) is 19.5 Å². The minimum absolute atomic E-state index is 0.0270. The van der Waals surface area contributed by atoms with Crippen LogP contribution in [0.5, 0.6) is 0 Å². The normalized spacial score (nSPS) is 30.4. The van der Waals surface area contributed by atoms with Crippen LogP contribution in [0.4, 0.5) is 5.69 Å². The standard InChI is InChI=1S/C32H45N3O5/c1-8-15-33(7)28(37)25-26-29(38)35(17-11-10-12-18-36)27(32(26)20-23(5)31(25,6)40-32)30(39)34(16-9-2)24-19-21(3)13-14-22(24)4/h8-9,13-14,19,23,25-27,36H,1-2,10-12,15-18,20H2,3-7H3/t23?,25-,26-,27?,31+,32?/m0/s1. The molecule has 3 saturated heterocycles. The number of unbranched alkanes of at least 4 members (excludes halogenated alkanes) is 2. The van der Waals surface area contributed by atoms with Gasteiger partial charge in [0.1, 0.15) is 11.6 Å². The van der Waals surface area contributed by atoms with E-state index in [0.717, 1.165) is 23.2 Å². The molecular weight excluding hydrogens is 506 g/mol. The molecule has 3 unspecified atom stereocenters. The molecule has 3 heterocycles. The van der Waals surface area contributed by atoms with Crippen molar-refractivity contribution in [2.24, 2.45) is 17.8 Å². The molecule has 3 amide bonds. The van der Waals surface area contributed by atoms with Crippen LogP contribution in [0.2, 0.25) is 0 Å². The molecule has 3 aliphatic heterocycles. The first kappa shape index (κ1) is 30.0. The van der Waals surface area contributed by atoms with Crippen LogP contribution in [0.15, 0.2) is 43.5 Å². The van der Waals surface area contributed by atoms with Crippen molar-refractivity contribution in [1.29, 1.82) is 0 Å². The zero-order chi connectivity index (χ0) is 29.4. The van der Waals surface area contributed by atoms with Crippen molar-refractivity contribution < 1.29 is 24.2 Å². The van der Waals surface area contributed by atoms with Gasteiger partial charge in [0.05, 0.1) is 17.4 Å². The van der Waals surface area contributed by atoms with Crippen LogP contribution in [0.25, 0.3) is 0 Å². The minimum Gasteiger partial charge on any atom is -0.396 e. The topological polar surface area (TPSA) is 90.4 Å². The number of aliphatic hydroxyl groups is 1. The van der Waals surface area contributed by atoms with Crippen LogP contribution < -0.4 is 4.90 Å². The van der Waals surface area contributed by atoms with Crippen molar-refractivity contribution in [2.45, 2.75) is 70.6 Å². The smallest absolute Gasteiger partial charge is 0.253 e. The van der Waals surface area contributed by atoms with Gasteiger partial charge < -0.3 is 24.5 Å². The Morgan fingerprint density at radius 3 is 2.50 bits per heavy atom. The molecule has 4 rings (SSSR count). The highest BCUT2D eigenvalue weighted by molar-refractivity contribution is 6.05. The van der Waals surface area contributed by atoms with Gasteiger partial charge in [-0.2, -0.15) is 0 Å². The van der Waals surface area contributed by atoms with Gasteiger partial charge in [-0.05, 0) is 69.6 Å². The Balaban J connectivity index is 1.83. The fourth-order valence-corrected chi connectivity index (χ4v) is 7.32. The van der Waals surface area contributed by atoms with E-state index in [0.29, 0.717) is 32.4 Å². The summed E-state index contributed by atoms with van der Waals surface area (Å²) < 4.78 is 6.88. The number of anilines is 1. The van der Waals surface area contributed by atoms with Crippen LogP contribution in [0.3, 0.4) is 0 Å². The minimum atomic E-state index is -1.11. The van der Waals surface area contributed by atoms with Gasteiger partial charge in [0.25, 0.3) is 5.91 Å². The Labute approximate surface area is 238 Å². The molecule has 3 fully saturated rings. The quantitative estimate of drug-likeness (QED) is 0.317. The highest BCUT2D eigenvalue weighted by atomic mass is 16.5. The van der Waals surface area contributed by atoms with Crippen LogP contribution in [-0.2, 0) is 19.1 Å². The number of carbonyl (C=O) groups is 3. The average Bonchev–Trinajstić information content (AvgIpc) is 3.42. The van der Waals surface area contributed by atoms with Crippen molar-refractivity contribution in [1.82, 2.24) is 9.80 Å². The Morgan fingerprint density at radius 2 is 1.85 bits per heavy atom. The number of likely N-dealkylation sites (N-methyl/N-ethyl adjacent to an activating group) is 1. The summed E-state index contributed by atoms with van der Waals surface area (Å²) in [6, 6.07) is 5.12. The number of hydrogen-bond donors (Lipinski definition) is 1. The zero-order valence-electron chi connectivity index (χ0n) is 24.7. The van der Waals surface area contributed by atoms with Gasteiger partial charge in [0, 0.05) is 39.0 Å². The van der Waals surface area contributed by atoms with Crippen molar-refractivity contribution in [3.05, 3.63) is 54.6 Å². The molecule has 1 spiro atoms. The van der Waals surface area contributed by atoms with E-state index in [2.05, 4.69) is 20.1 Å². The fourth-order valence-electron chi connectivity index (χ4n) is 7.32. The Hall–Kier alpha value is -2.97. The maximum absolute atomic E-state index is 14.7. The van der Waals surface area contributed by atoms with Crippen LogP contribution in [0, 0.1) is 31.6 Å². The molecule has 0 aliphatic carbocycles. The Bertz CT molecular complexity index is 1180. The Kier molecular flexibility index (Phi) is 8.62. The highest BCUT2D eigenvalue weighted by Gasteiger charge is 2.80. The molecule has 6 atom stereocenters. The second-order valence-corrected chi connectivity index (χ2v) is 12.1. The Morgan fingerprint density at radius 1 is 1.15 bits per heavy atom. The summed E-state index contributed by atoms with van der Waals surface area (Å²) in [6.07, 6.45) is 5.88. The summed E-state index contributed by atoms with van der Waals surface area (Å²) in [5.74, 6) is -2.02. The molecule has 1 aromatic carbocycles. The van der Waals surface area contributed by atoms with Gasteiger partial charge in [0.15, 0.2) is 0 Å². The van der Waals surface area contributed by atoms with E-state index in [1.807, 2.05) is 39.0 Å². The monoisotopic (exact) mass is 551 g/mol. The molecule has 3 aliphatic rings. The first-order valence-corrected chi connectivity index (χ1v) is 14.4. The summed E-state index contributed by atoms with van der Waals surface area (Å²) in [5, 5.41) is 9.30. The number of carbonyl (C=O) groups excluding carboxylic acids is 3. The first-order valence-electron chi connectivity index (χ1n) is 14.4. The number of amides is 3. The van der Waals surface area contributed by atoms with E-state index in [4.69, 9.17) is 4.74 Å². The summed E-state index contributed by atoms with van der Waals surface area (Å²) >= 11 is 0. The lowest BCUT2D eigenvalue weighted by molar-refractivity contribution is -0.150. The van der Waals surface area contributed by atoms with Crippen LogP contribution in [0.1, 0.15) is 50.7 Å². The zero-order valence-corrected chi connectivity index (χ0v) is 24.7. The molecule has 0 saturated carbocycles. The highest BCUT2D eigenvalue weighted by Crippen LogP contribution is 2.65. The number of nitrogens with zero attached hydrogens (tertiary/aromatic N) is 3. The predicted octanol–water partition coefficient (Wildman–Crippen LogP) is 3.64. The molecule has 1 N–H and O–H groups in total. The molecule has 2 bridgehead atoms. The van der Waals surface area contributed by atoms with E-state index in [1.54, 1.807) is 33.9 Å². The number of ether oxygens (including phenoxy) is 1. The number of aliphatic hydroxyl groups excluding tert-OH is 1. The number of rotatable bonds is 12. The number of aryl methyl sites for hydroxylation is 2. The van der Waals surface area contributed by atoms with E-state index in [1.165, 1.54) is 0 Å². The number of hydrogen-bond acceptors (Lipinski definition) is 5. The van der Waals surface area contributed by atoms with Gasteiger partial charge in [-0.1, -0.05) is 31.2 Å².